The molecule has 0 heterocycles. The minimum absolute atomic E-state index is 0.418. The number of hydrogen-bond donors (Lipinski definition) is 0. The van der Waals surface area contributed by atoms with E-state index in [1.807, 2.05) is 74.5 Å². The Morgan fingerprint density at radius 1 is 0.545 bits per heavy atom. The highest BCUT2D eigenvalue weighted by atomic mass is 16.5. The Kier molecular flexibility index (Phi) is 13.9. The lowest BCUT2D eigenvalue weighted by atomic mass is 10.2. The smallest absolute Gasteiger partial charge is 0.344 e. The molecule has 4 aromatic rings. The lowest BCUT2D eigenvalue weighted by Crippen LogP contribution is -2.12. The molecule has 0 spiro atoms. The van der Waals surface area contributed by atoms with Crippen LogP contribution in [0.25, 0.3) is 0 Å². The van der Waals surface area contributed by atoms with Crippen molar-refractivity contribution < 1.29 is 28.5 Å². The standard InChI is InChI=1S/2C18H19NO3/c2*1-3-8-17(19-15-10-5-4-6-11-15)22-18(20)14-9-7-12-16(13-14)21-2/h2*4-7,9-13H,3,8H2,1-2H3. The van der Waals surface area contributed by atoms with Crippen LogP contribution >= 0.6 is 0 Å². The zero-order valence-electron chi connectivity index (χ0n) is 25.6. The average molecular weight is 595 g/mol. The van der Waals surface area contributed by atoms with Gasteiger partial charge in [0.25, 0.3) is 0 Å². The van der Waals surface area contributed by atoms with Crippen LogP contribution in [0.2, 0.25) is 0 Å². The summed E-state index contributed by atoms with van der Waals surface area (Å²) in [6.07, 6.45) is 2.89. The highest BCUT2D eigenvalue weighted by Gasteiger charge is 2.13. The van der Waals surface area contributed by atoms with Gasteiger partial charge in [-0.25, -0.2) is 19.6 Å². The third-order valence-electron chi connectivity index (χ3n) is 5.98. The Hall–Kier alpha value is -5.24. The molecule has 8 nitrogen and oxygen atoms in total. The molecule has 0 aromatic heterocycles. The maximum Gasteiger partial charge on any atom is 0.344 e. The number of ether oxygens (including phenoxy) is 4. The molecule has 0 atom stereocenters. The molecule has 0 bridgehead atoms. The van der Waals surface area contributed by atoms with Crippen molar-refractivity contribution in [1.82, 2.24) is 0 Å². The quantitative estimate of drug-likeness (QED) is 0.103. The first kappa shape index (κ1) is 33.3. The molecule has 8 heteroatoms. The number of methoxy groups -OCH3 is 2. The average Bonchev–Trinajstić information content (AvgIpc) is 3.06. The minimum atomic E-state index is -0.429. The summed E-state index contributed by atoms with van der Waals surface area (Å²) in [6, 6.07) is 32.6. The molecular formula is C36H38N2O6. The maximum absolute atomic E-state index is 12.2. The van der Waals surface area contributed by atoms with Gasteiger partial charge in [0.2, 0.25) is 0 Å². The van der Waals surface area contributed by atoms with Crippen molar-refractivity contribution in [1.29, 1.82) is 0 Å². The zero-order valence-corrected chi connectivity index (χ0v) is 25.6. The topological polar surface area (TPSA) is 95.8 Å². The molecule has 0 fully saturated rings. The van der Waals surface area contributed by atoms with Crippen LogP contribution in [0.3, 0.4) is 0 Å². The predicted molar refractivity (Wildman–Crippen MR) is 174 cm³/mol. The summed E-state index contributed by atoms with van der Waals surface area (Å²) >= 11 is 0. The van der Waals surface area contributed by atoms with Gasteiger partial charge in [-0.2, -0.15) is 0 Å². The molecular weight excluding hydrogens is 556 g/mol. The minimum Gasteiger partial charge on any atom is -0.497 e. The molecule has 44 heavy (non-hydrogen) atoms. The molecule has 0 unspecified atom stereocenters. The number of rotatable bonds is 10. The van der Waals surface area contributed by atoms with Crippen LogP contribution in [0.15, 0.2) is 119 Å². The van der Waals surface area contributed by atoms with Crippen LogP contribution in [0.4, 0.5) is 11.4 Å². The van der Waals surface area contributed by atoms with Crippen LogP contribution < -0.4 is 9.47 Å². The van der Waals surface area contributed by atoms with Crippen molar-refractivity contribution >= 4 is 35.1 Å². The number of carbonyl (C=O) groups excluding carboxylic acids is 2. The van der Waals surface area contributed by atoms with Gasteiger partial charge in [-0.3, -0.25) is 0 Å². The van der Waals surface area contributed by atoms with Crippen molar-refractivity contribution in [3.05, 3.63) is 120 Å². The second-order valence-electron chi connectivity index (χ2n) is 9.43. The van der Waals surface area contributed by atoms with Crippen molar-refractivity contribution in [3.63, 3.8) is 0 Å². The lowest BCUT2D eigenvalue weighted by Gasteiger charge is -2.08. The van der Waals surface area contributed by atoms with E-state index in [2.05, 4.69) is 9.98 Å². The fourth-order valence-corrected chi connectivity index (χ4v) is 3.81. The van der Waals surface area contributed by atoms with Crippen LogP contribution in [-0.2, 0) is 9.47 Å². The Bertz CT molecular complexity index is 1420. The van der Waals surface area contributed by atoms with Crippen molar-refractivity contribution in [2.45, 2.75) is 39.5 Å². The van der Waals surface area contributed by atoms with Gasteiger partial charge in [0.05, 0.1) is 36.7 Å². The molecule has 0 saturated carbocycles. The molecule has 228 valence electrons. The van der Waals surface area contributed by atoms with E-state index in [1.165, 1.54) is 0 Å². The molecule has 0 radical (unpaired) electrons. The first-order valence-corrected chi connectivity index (χ1v) is 14.4. The summed E-state index contributed by atoms with van der Waals surface area (Å²) in [5.41, 5.74) is 2.42. The number of aliphatic imine (C=N–C) groups is 2. The fraction of sp³-hybridized carbons (Fsp3) is 0.222. The summed E-state index contributed by atoms with van der Waals surface area (Å²) in [7, 11) is 3.12. The first-order chi connectivity index (χ1) is 21.4. The molecule has 4 aromatic carbocycles. The number of carbonyl (C=O) groups is 2. The zero-order chi connectivity index (χ0) is 31.6. The summed E-state index contributed by atoms with van der Waals surface area (Å²) in [5.74, 6) is 1.21. The van der Waals surface area contributed by atoms with Gasteiger partial charge in [-0.1, -0.05) is 62.4 Å². The lowest BCUT2D eigenvalue weighted by molar-refractivity contribution is 0.0701. The number of esters is 2. The molecule has 0 aliphatic carbocycles. The van der Waals surface area contributed by atoms with Gasteiger partial charge in [0.1, 0.15) is 11.5 Å². The highest BCUT2D eigenvalue weighted by Crippen LogP contribution is 2.18. The van der Waals surface area contributed by atoms with Crippen molar-refractivity contribution in [2.24, 2.45) is 9.98 Å². The van der Waals surface area contributed by atoms with Crippen molar-refractivity contribution in [2.75, 3.05) is 14.2 Å². The van der Waals surface area contributed by atoms with Gasteiger partial charge in [-0.15, -0.1) is 0 Å². The van der Waals surface area contributed by atoms with E-state index in [0.29, 0.717) is 47.3 Å². The molecule has 4 rings (SSSR count). The van der Waals surface area contributed by atoms with Crippen LogP contribution in [0, 0.1) is 0 Å². The van der Waals surface area contributed by atoms with Gasteiger partial charge in [0.15, 0.2) is 11.8 Å². The van der Waals surface area contributed by atoms with Crippen LogP contribution in [0.5, 0.6) is 11.5 Å². The maximum atomic E-state index is 12.2. The first-order valence-electron chi connectivity index (χ1n) is 14.4. The number of para-hydroxylation sites is 2. The van der Waals surface area contributed by atoms with E-state index in [0.717, 1.165) is 24.2 Å². The van der Waals surface area contributed by atoms with Gasteiger partial charge >= 0.3 is 11.9 Å². The largest absolute Gasteiger partial charge is 0.497 e. The number of hydrogen-bond acceptors (Lipinski definition) is 8. The molecule has 0 aliphatic heterocycles. The monoisotopic (exact) mass is 594 g/mol. The summed E-state index contributed by atoms with van der Waals surface area (Å²) in [6.45, 7) is 4.03. The Balaban J connectivity index is 0.000000240. The predicted octanol–water partition coefficient (Wildman–Crippen LogP) is 8.76. The van der Waals surface area contributed by atoms with Crippen LogP contribution in [0.1, 0.15) is 60.2 Å². The van der Waals surface area contributed by atoms with Crippen LogP contribution in [-0.4, -0.2) is 38.0 Å². The summed E-state index contributed by atoms with van der Waals surface area (Å²) in [4.78, 5) is 33.3. The molecule has 0 saturated heterocycles. The van der Waals surface area contributed by atoms with E-state index in [9.17, 15) is 9.59 Å². The normalized spacial score (nSPS) is 11.1. The molecule has 0 aliphatic rings. The van der Waals surface area contributed by atoms with E-state index in [-0.39, 0.29) is 0 Å². The second-order valence-corrected chi connectivity index (χ2v) is 9.43. The third kappa shape index (κ3) is 11.2. The van der Waals surface area contributed by atoms with E-state index in [4.69, 9.17) is 18.9 Å². The number of benzene rings is 4. The fourth-order valence-electron chi connectivity index (χ4n) is 3.81. The summed E-state index contributed by atoms with van der Waals surface area (Å²) < 4.78 is 21.1. The SMILES string of the molecule is CCCC(=Nc1ccccc1)OC(=O)c1cccc(OC)c1.CCCC(=Nc1ccccc1)OC(=O)c1cccc(OC)c1. The Morgan fingerprint density at radius 3 is 1.27 bits per heavy atom. The van der Waals surface area contributed by atoms with Gasteiger partial charge in [0, 0.05) is 12.8 Å². The highest BCUT2D eigenvalue weighted by molar-refractivity contribution is 6.00. The van der Waals surface area contributed by atoms with E-state index < -0.39 is 11.9 Å². The van der Waals surface area contributed by atoms with E-state index >= 15 is 0 Å². The van der Waals surface area contributed by atoms with E-state index in [1.54, 1.807) is 62.8 Å². The third-order valence-corrected chi connectivity index (χ3v) is 5.98. The van der Waals surface area contributed by atoms with Gasteiger partial charge in [-0.05, 0) is 73.5 Å². The Labute approximate surface area is 259 Å². The van der Waals surface area contributed by atoms with Gasteiger partial charge < -0.3 is 18.9 Å². The Morgan fingerprint density at radius 2 is 0.932 bits per heavy atom. The van der Waals surface area contributed by atoms with Crippen molar-refractivity contribution in [3.8, 4) is 11.5 Å². The second kappa shape index (κ2) is 18.3. The molecule has 0 N–H and O–H groups in total. The summed E-state index contributed by atoms with van der Waals surface area (Å²) in [5, 5.41) is 0. The number of nitrogens with zero attached hydrogens (tertiary/aromatic N) is 2. The molecule has 0 amide bonds.